The van der Waals surface area contributed by atoms with Crippen LogP contribution in [0.25, 0.3) is 0 Å². The quantitative estimate of drug-likeness (QED) is 0.408. The molecule has 0 bridgehead atoms. The van der Waals surface area contributed by atoms with Gasteiger partial charge in [-0.25, -0.2) is 4.39 Å². The summed E-state index contributed by atoms with van der Waals surface area (Å²) in [6, 6.07) is 15.0. The van der Waals surface area contributed by atoms with Crippen LogP contribution in [0.5, 0.6) is 5.75 Å². The Morgan fingerprint density at radius 2 is 1.89 bits per heavy atom. The number of hydrogen-bond acceptors (Lipinski definition) is 5. The first kappa shape index (κ1) is 24.9. The van der Waals surface area contributed by atoms with Gasteiger partial charge in [0.15, 0.2) is 0 Å². The fraction of sp³-hybridized carbons (Fsp3) is 0.333. The molecule has 3 aromatic rings. The second kappa shape index (κ2) is 11.5. The number of rotatable bonds is 9. The number of thiophene rings is 1. The molecule has 1 atom stereocenters. The third-order valence-corrected chi connectivity index (χ3v) is 7.20. The van der Waals surface area contributed by atoms with Gasteiger partial charge in [0.25, 0.3) is 5.91 Å². The number of amides is 2. The Balaban J connectivity index is 1.61. The molecule has 35 heavy (non-hydrogen) atoms. The molecule has 2 aromatic carbocycles. The van der Waals surface area contributed by atoms with Crippen LogP contribution in [0.3, 0.4) is 0 Å². The normalized spacial score (nSPS) is 14.9. The molecule has 0 fully saturated rings. The minimum absolute atomic E-state index is 0.0717. The SMILES string of the molecule is COCCCN(CC(=O)N1CCc2sccc2C1c1ccc(F)cc1)C(=O)c1ccccc1OC. The molecule has 0 spiro atoms. The minimum Gasteiger partial charge on any atom is -0.496 e. The summed E-state index contributed by atoms with van der Waals surface area (Å²) in [5.41, 5.74) is 2.32. The molecule has 1 aliphatic rings. The lowest BCUT2D eigenvalue weighted by atomic mass is 9.93. The van der Waals surface area contributed by atoms with Gasteiger partial charge in [0, 0.05) is 31.7 Å². The number of halogens is 1. The van der Waals surface area contributed by atoms with Gasteiger partial charge in [-0.05, 0) is 59.7 Å². The van der Waals surface area contributed by atoms with Gasteiger partial charge >= 0.3 is 0 Å². The van der Waals surface area contributed by atoms with Crippen molar-refractivity contribution in [2.75, 3.05) is 40.5 Å². The summed E-state index contributed by atoms with van der Waals surface area (Å²) in [7, 11) is 3.13. The molecule has 0 aliphatic carbocycles. The summed E-state index contributed by atoms with van der Waals surface area (Å²) in [6.07, 6.45) is 1.35. The Bertz CT molecular complexity index is 1160. The summed E-state index contributed by atoms with van der Waals surface area (Å²) in [5.74, 6) is -0.276. The van der Waals surface area contributed by atoms with Crippen molar-refractivity contribution in [2.24, 2.45) is 0 Å². The smallest absolute Gasteiger partial charge is 0.258 e. The largest absolute Gasteiger partial charge is 0.496 e. The van der Waals surface area contributed by atoms with Crippen LogP contribution in [0.15, 0.2) is 60.0 Å². The number of carbonyl (C=O) groups excluding carboxylic acids is 2. The third kappa shape index (κ3) is 5.55. The first-order valence-electron chi connectivity index (χ1n) is 11.6. The number of methoxy groups -OCH3 is 2. The minimum atomic E-state index is -0.320. The second-order valence-electron chi connectivity index (χ2n) is 8.36. The molecule has 2 amide bonds. The van der Waals surface area contributed by atoms with E-state index in [1.807, 2.05) is 11.4 Å². The molecule has 0 radical (unpaired) electrons. The molecular weight excluding hydrogens is 467 g/mol. The zero-order valence-electron chi connectivity index (χ0n) is 19.9. The van der Waals surface area contributed by atoms with E-state index in [4.69, 9.17) is 9.47 Å². The highest BCUT2D eigenvalue weighted by atomic mass is 32.1. The van der Waals surface area contributed by atoms with Crippen molar-refractivity contribution in [3.63, 3.8) is 0 Å². The first-order valence-corrected chi connectivity index (χ1v) is 12.4. The van der Waals surface area contributed by atoms with E-state index >= 15 is 0 Å². The zero-order chi connectivity index (χ0) is 24.8. The van der Waals surface area contributed by atoms with Crippen molar-refractivity contribution in [3.8, 4) is 5.75 Å². The molecule has 0 saturated heterocycles. The van der Waals surface area contributed by atoms with Crippen LogP contribution in [0, 0.1) is 5.82 Å². The van der Waals surface area contributed by atoms with Crippen LogP contribution in [0.2, 0.25) is 0 Å². The summed E-state index contributed by atoms with van der Waals surface area (Å²) in [6.45, 7) is 1.31. The summed E-state index contributed by atoms with van der Waals surface area (Å²) >= 11 is 1.67. The van der Waals surface area contributed by atoms with Crippen molar-refractivity contribution in [1.29, 1.82) is 0 Å². The molecule has 2 heterocycles. The highest BCUT2D eigenvalue weighted by molar-refractivity contribution is 7.10. The summed E-state index contributed by atoms with van der Waals surface area (Å²) < 4.78 is 24.2. The fourth-order valence-electron chi connectivity index (χ4n) is 4.49. The van der Waals surface area contributed by atoms with E-state index < -0.39 is 0 Å². The number of benzene rings is 2. The van der Waals surface area contributed by atoms with Crippen LogP contribution in [0.1, 0.15) is 38.8 Å². The van der Waals surface area contributed by atoms with Gasteiger partial charge < -0.3 is 19.3 Å². The molecule has 1 aromatic heterocycles. The van der Waals surface area contributed by atoms with Crippen LogP contribution in [-0.2, 0) is 16.0 Å². The van der Waals surface area contributed by atoms with Gasteiger partial charge in [0.1, 0.15) is 18.1 Å². The number of para-hydroxylation sites is 1. The molecule has 1 unspecified atom stereocenters. The highest BCUT2D eigenvalue weighted by Gasteiger charge is 2.34. The Labute approximate surface area is 208 Å². The van der Waals surface area contributed by atoms with Crippen LogP contribution in [-0.4, -0.2) is 62.1 Å². The highest BCUT2D eigenvalue weighted by Crippen LogP contribution is 2.38. The molecule has 184 valence electrons. The first-order chi connectivity index (χ1) is 17.0. The Hall–Kier alpha value is -3.23. The van der Waals surface area contributed by atoms with E-state index in [0.717, 1.165) is 17.5 Å². The molecule has 4 rings (SSSR count). The number of hydrogen-bond donors (Lipinski definition) is 0. The van der Waals surface area contributed by atoms with Gasteiger partial charge in [-0.2, -0.15) is 0 Å². The maximum Gasteiger partial charge on any atom is 0.258 e. The zero-order valence-corrected chi connectivity index (χ0v) is 20.7. The van der Waals surface area contributed by atoms with Crippen molar-refractivity contribution >= 4 is 23.2 Å². The Kier molecular flexibility index (Phi) is 8.15. The lowest BCUT2D eigenvalue weighted by Crippen LogP contribution is -2.47. The molecule has 0 saturated carbocycles. The average molecular weight is 497 g/mol. The van der Waals surface area contributed by atoms with Crippen molar-refractivity contribution in [2.45, 2.75) is 18.9 Å². The molecule has 6 nitrogen and oxygen atoms in total. The van der Waals surface area contributed by atoms with Crippen LogP contribution >= 0.6 is 11.3 Å². The maximum atomic E-state index is 13.7. The van der Waals surface area contributed by atoms with E-state index in [-0.39, 0.29) is 30.2 Å². The van der Waals surface area contributed by atoms with E-state index in [0.29, 0.717) is 37.4 Å². The van der Waals surface area contributed by atoms with E-state index in [1.165, 1.54) is 24.1 Å². The van der Waals surface area contributed by atoms with Crippen molar-refractivity contribution < 1.29 is 23.5 Å². The molecule has 8 heteroatoms. The number of nitrogens with zero attached hydrogens (tertiary/aromatic N) is 2. The van der Waals surface area contributed by atoms with Crippen LogP contribution < -0.4 is 4.74 Å². The number of carbonyl (C=O) groups is 2. The summed E-state index contributed by atoms with van der Waals surface area (Å²) in [5, 5.41) is 2.03. The van der Waals surface area contributed by atoms with Crippen molar-refractivity contribution in [1.82, 2.24) is 9.80 Å². The number of fused-ring (bicyclic) bond motifs is 1. The number of ether oxygens (including phenoxy) is 2. The maximum absolute atomic E-state index is 13.7. The predicted octanol–water partition coefficient (Wildman–Crippen LogP) is 4.55. The van der Waals surface area contributed by atoms with Gasteiger partial charge in [0.2, 0.25) is 5.91 Å². The topological polar surface area (TPSA) is 59.1 Å². The molecule has 0 N–H and O–H groups in total. The lowest BCUT2D eigenvalue weighted by molar-refractivity contribution is -0.134. The van der Waals surface area contributed by atoms with Crippen molar-refractivity contribution in [3.05, 3.63) is 87.4 Å². The molecular formula is C27H29FN2O4S. The fourth-order valence-corrected chi connectivity index (χ4v) is 5.39. The van der Waals surface area contributed by atoms with Gasteiger partial charge in [-0.15, -0.1) is 11.3 Å². The average Bonchev–Trinajstić information content (AvgIpc) is 3.36. The Morgan fingerprint density at radius 3 is 2.63 bits per heavy atom. The monoisotopic (exact) mass is 496 g/mol. The third-order valence-electron chi connectivity index (χ3n) is 6.20. The summed E-state index contributed by atoms with van der Waals surface area (Å²) in [4.78, 5) is 31.8. The van der Waals surface area contributed by atoms with Gasteiger partial charge in [0.05, 0.1) is 18.7 Å². The second-order valence-corrected chi connectivity index (χ2v) is 9.36. The standard InChI is InChI=1S/C27H29FN2O4S/c1-33-16-5-14-29(27(32)21-6-3-4-7-23(21)34-2)18-25(31)30-15-12-24-22(13-17-35-24)26(30)19-8-10-20(28)11-9-19/h3-4,6-11,13,17,26H,5,12,14-16,18H2,1-2H3. The van der Waals surface area contributed by atoms with Gasteiger partial charge in [-0.3, -0.25) is 9.59 Å². The van der Waals surface area contributed by atoms with E-state index in [9.17, 15) is 14.0 Å². The lowest BCUT2D eigenvalue weighted by Gasteiger charge is -2.37. The van der Waals surface area contributed by atoms with E-state index in [2.05, 4.69) is 0 Å². The predicted molar refractivity (Wildman–Crippen MR) is 133 cm³/mol. The van der Waals surface area contributed by atoms with Crippen LogP contribution in [0.4, 0.5) is 4.39 Å². The Morgan fingerprint density at radius 1 is 1.11 bits per heavy atom. The molecule has 1 aliphatic heterocycles. The van der Waals surface area contributed by atoms with Gasteiger partial charge in [-0.1, -0.05) is 24.3 Å². The van der Waals surface area contributed by atoms with E-state index in [1.54, 1.807) is 64.6 Å².